The molecule has 1 N–H and O–H groups in total. The van der Waals surface area contributed by atoms with Gasteiger partial charge < -0.3 is 9.90 Å². The summed E-state index contributed by atoms with van der Waals surface area (Å²) in [5.41, 5.74) is 0. The van der Waals surface area contributed by atoms with E-state index in [4.69, 9.17) is 5.11 Å². The Bertz CT molecular complexity index is 101. The van der Waals surface area contributed by atoms with E-state index in [-0.39, 0.29) is 6.42 Å². The third-order valence-electron chi connectivity index (χ3n) is 0.571. The molecule has 0 bridgehead atoms. The van der Waals surface area contributed by atoms with Crippen molar-refractivity contribution in [1.29, 1.82) is 0 Å². The monoisotopic (exact) mass is 180 g/mol. The number of aliphatic carboxylic acids is 1. The molecule has 3 nitrogen and oxygen atoms in total. The molecule has 1 atom stereocenters. The Morgan fingerprint density at radius 3 is 2.50 bits per heavy atom. The van der Waals surface area contributed by atoms with Crippen molar-refractivity contribution in [3.05, 3.63) is 0 Å². The van der Waals surface area contributed by atoms with E-state index in [2.05, 4.69) is 15.9 Å². The van der Waals surface area contributed by atoms with Crippen LogP contribution < -0.4 is 0 Å². The van der Waals surface area contributed by atoms with E-state index in [1.165, 1.54) is 0 Å². The highest BCUT2D eigenvalue weighted by Gasteiger charge is 2.10. The fourth-order valence-electron chi connectivity index (χ4n) is 0.185. The molecule has 4 heteroatoms. The van der Waals surface area contributed by atoms with Gasteiger partial charge in [0.15, 0.2) is 0 Å². The quantitative estimate of drug-likeness (QED) is 0.507. The number of hydrogen-bond acceptors (Lipinski definition) is 2. The van der Waals surface area contributed by atoms with Crippen molar-refractivity contribution in [2.24, 2.45) is 0 Å². The lowest BCUT2D eigenvalue weighted by Crippen LogP contribution is -2.12. The number of carboxylic acid groups (broad SMARTS) is 1. The molecule has 0 aliphatic heterocycles. The maximum Gasteiger partial charge on any atom is 0.317 e. The first-order chi connectivity index (χ1) is 3.68. The zero-order valence-corrected chi connectivity index (χ0v) is 5.59. The smallest absolute Gasteiger partial charge is 0.317 e. The lowest BCUT2D eigenvalue weighted by Gasteiger charge is -1.93. The standard InChI is InChI=1S/C4H5BrO3/c5-3(1-2-6)4(7)8/h2-3H,1H2,(H,7,8). The topological polar surface area (TPSA) is 54.4 Å². The van der Waals surface area contributed by atoms with E-state index < -0.39 is 10.8 Å². The van der Waals surface area contributed by atoms with E-state index in [9.17, 15) is 9.59 Å². The number of carboxylic acids is 1. The molecule has 0 aromatic carbocycles. The van der Waals surface area contributed by atoms with Crippen molar-refractivity contribution < 1.29 is 14.7 Å². The second-order valence-corrected chi connectivity index (χ2v) is 2.31. The minimum Gasteiger partial charge on any atom is -0.480 e. The van der Waals surface area contributed by atoms with Gasteiger partial charge in [-0.1, -0.05) is 15.9 Å². The normalized spacial score (nSPS) is 12.6. The summed E-state index contributed by atoms with van der Waals surface area (Å²) in [6, 6.07) is 0. The third-order valence-corrected chi connectivity index (χ3v) is 1.34. The SMILES string of the molecule is O=CCC(Br)C(=O)O. The third kappa shape index (κ3) is 2.74. The number of halogens is 1. The highest BCUT2D eigenvalue weighted by Crippen LogP contribution is 2.01. The van der Waals surface area contributed by atoms with E-state index in [0.29, 0.717) is 6.29 Å². The first-order valence-corrected chi connectivity index (χ1v) is 2.90. The average molecular weight is 181 g/mol. The van der Waals surface area contributed by atoms with E-state index >= 15 is 0 Å². The first-order valence-electron chi connectivity index (χ1n) is 1.99. The van der Waals surface area contributed by atoms with E-state index in [1.54, 1.807) is 0 Å². The van der Waals surface area contributed by atoms with Gasteiger partial charge in [0.2, 0.25) is 0 Å². The molecule has 0 aromatic heterocycles. The van der Waals surface area contributed by atoms with Crippen LogP contribution in [0.4, 0.5) is 0 Å². The fourth-order valence-corrected chi connectivity index (χ4v) is 0.338. The summed E-state index contributed by atoms with van der Waals surface area (Å²) in [5.74, 6) is -1.00. The summed E-state index contributed by atoms with van der Waals surface area (Å²) in [4.78, 5) is 18.8. The zero-order chi connectivity index (χ0) is 6.57. The molecular formula is C4H5BrO3. The zero-order valence-electron chi connectivity index (χ0n) is 4.00. The molecule has 0 aliphatic rings. The Hall–Kier alpha value is -0.380. The summed E-state index contributed by atoms with van der Waals surface area (Å²) >= 11 is 2.77. The predicted octanol–water partition coefficient (Wildman–Crippen LogP) is 0.423. The van der Waals surface area contributed by atoms with Gasteiger partial charge in [0.05, 0.1) is 0 Å². The first kappa shape index (κ1) is 7.62. The van der Waals surface area contributed by atoms with Crippen LogP contribution in [0.1, 0.15) is 6.42 Å². The molecular weight excluding hydrogens is 176 g/mol. The van der Waals surface area contributed by atoms with Gasteiger partial charge in [0.25, 0.3) is 0 Å². The molecule has 0 saturated heterocycles. The fraction of sp³-hybridized carbons (Fsp3) is 0.500. The highest BCUT2D eigenvalue weighted by atomic mass is 79.9. The molecule has 0 saturated carbocycles. The van der Waals surface area contributed by atoms with Crippen LogP contribution in [0.5, 0.6) is 0 Å². The Kier molecular flexibility index (Phi) is 3.43. The predicted molar refractivity (Wildman–Crippen MR) is 31.0 cm³/mol. The van der Waals surface area contributed by atoms with Gasteiger partial charge in [-0.2, -0.15) is 0 Å². The molecule has 8 heavy (non-hydrogen) atoms. The van der Waals surface area contributed by atoms with Gasteiger partial charge in [-0.15, -0.1) is 0 Å². The van der Waals surface area contributed by atoms with Crippen molar-refractivity contribution in [3.63, 3.8) is 0 Å². The van der Waals surface area contributed by atoms with E-state index in [0.717, 1.165) is 0 Å². The Balaban J connectivity index is 3.46. The Labute approximate surface area is 54.8 Å². The van der Waals surface area contributed by atoms with Crippen LogP contribution in [0.3, 0.4) is 0 Å². The van der Waals surface area contributed by atoms with Crippen LogP contribution in [0.15, 0.2) is 0 Å². The van der Waals surface area contributed by atoms with Crippen LogP contribution in [0.2, 0.25) is 0 Å². The summed E-state index contributed by atoms with van der Waals surface area (Å²) in [5, 5.41) is 8.11. The van der Waals surface area contributed by atoms with Crippen molar-refractivity contribution in [3.8, 4) is 0 Å². The molecule has 1 unspecified atom stereocenters. The number of carbonyl (C=O) groups is 2. The minimum absolute atomic E-state index is 0.0231. The van der Waals surface area contributed by atoms with Crippen LogP contribution in [-0.2, 0) is 9.59 Å². The minimum atomic E-state index is -1.00. The Morgan fingerprint density at radius 2 is 2.38 bits per heavy atom. The van der Waals surface area contributed by atoms with Crippen molar-refractivity contribution in [2.75, 3.05) is 0 Å². The maximum atomic E-state index is 9.88. The number of rotatable bonds is 3. The van der Waals surface area contributed by atoms with Gasteiger partial charge in [-0.25, -0.2) is 0 Å². The summed E-state index contributed by atoms with van der Waals surface area (Å²) in [7, 11) is 0. The number of hydrogen-bond donors (Lipinski definition) is 1. The Morgan fingerprint density at radius 1 is 1.88 bits per heavy atom. The van der Waals surface area contributed by atoms with Crippen molar-refractivity contribution in [1.82, 2.24) is 0 Å². The molecule has 46 valence electrons. The van der Waals surface area contributed by atoms with Crippen LogP contribution in [-0.4, -0.2) is 22.2 Å². The van der Waals surface area contributed by atoms with Crippen LogP contribution >= 0.6 is 15.9 Å². The lowest BCUT2D eigenvalue weighted by molar-refractivity contribution is -0.136. The van der Waals surface area contributed by atoms with Gasteiger partial charge in [0.1, 0.15) is 11.1 Å². The van der Waals surface area contributed by atoms with Crippen molar-refractivity contribution >= 4 is 28.2 Å². The second-order valence-electron chi connectivity index (χ2n) is 1.21. The van der Waals surface area contributed by atoms with Gasteiger partial charge in [-0.05, 0) is 0 Å². The summed E-state index contributed by atoms with van der Waals surface area (Å²) < 4.78 is 0. The largest absolute Gasteiger partial charge is 0.480 e. The number of carbonyl (C=O) groups excluding carboxylic acids is 1. The van der Waals surface area contributed by atoms with Gasteiger partial charge in [-0.3, -0.25) is 4.79 Å². The molecule has 0 amide bonds. The molecule has 0 spiro atoms. The summed E-state index contributed by atoms with van der Waals surface area (Å²) in [6.45, 7) is 0. The molecule has 0 radical (unpaired) electrons. The van der Waals surface area contributed by atoms with Crippen LogP contribution in [0, 0.1) is 0 Å². The number of alkyl halides is 1. The lowest BCUT2D eigenvalue weighted by atomic mass is 10.3. The molecule has 0 heterocycles. The van der Waals surface area contributed by atoms with E-state index in [1.807, 2.05) is 0 Å². The number of aldehydes is 1. The average Bonchev–Trinajstić information content (AvgIpc) is 1.67. The molecule has 0 aliphatic carbocycles. The molecule has 0 rings (SSSR count). The van der Waals surface area contributed by atoms with Crippen LogP contribution in [0.25, 0.3) is 0 Å². The maximum absolute atomic E-state index is 9.88. The van der Waals surface area contributed by atoms with Gasteiger partial charge in [0, 0.05) is 6.42 Å². The van der Waals surface area contributed by atoms with Crippen molar-refractivity contribution in [2.45, 2.75) is 11.2 Å². The molecule has 0 aromatic rings. The second kappa shape index (κ2) is 3.60. The van der Waals surface area contributed by atoms with Gasteiger partial charge >= 0.3 is 5.97 Å². The highest BCUT2D eigenvalue weighted by molar-refractivity contribution is 9.10. The molecule has 0 fully saturated rings. The summed E-state index contributed by atoms with van der Waals surface area (Å²) in [6.07, 6.45) is 0.586.